The number of hydrogen-bond acceptors (Lipinski definition) is 2. The molecule has 0 bridgehead atoms. The number of carbonyl (C=O) groups is 2. The quantitative estimate of drug-likeness (QED) is 0.634. The topological polar surface area (TPSA) is 71.3 Å². The van der Waals surface area contributed by atoms with Gasteiger partial charge >= 0.3 is 6.09 Å². The minimum absolute atomic E-state index is 0.165. The first-order valence-electron chi connectivity index (χ1n) is 8.51. The summed E-state index contributed by atoms with van der Waals surface area (Å²) in [5.41, 5.74) is 2.28. The summed E-state index contributed by atoms with van der Waals surface area (Å²) < 4.78 is 1.20. The summed E-state index contributed by atoms with van der Waals surface area (Å²) in [6.45, 7) is 1.88. The van der Waals surface area contributed by atoms with Crippen LogP contribution in [0.15, 0.2) is 60.8 Å². The number of halogens is 1. The number of amides is 1. The van der Waals surface area contributed by atoms with E-state index in [2.05, 4.69) is 5.32 Å². The Kier molecular flexibility index (Phi) is 5.62. The van der Waals surface area contributed by atoms with Crippen molar-refractivity contribution in [3.8, 4) is 0 Å². The second kappa shape index (κ2) is 8.10. The van der Waals surface area contributed by atoms with Crippen molar-refractivity contribution in [1.29, 1.82) is 0 Å². The molecule has 1 heterocycles. The predicted molar refractivity (Wildman–Crippen MR) is 107 cm³/mol. The maximum Gasteiger partial charge on any atom is 0.416 e. The normalized spacial score (nSPS) is 12.4. The van der Waals surface area contributed by atoms with E-state index in [1.165, 1.54) is 10.6 Å². The van der Waals surface area contributed by atoms with Crippen molar-refractivity contribution in [2.75, 3.05) is 0 Å². The molecule has 0 saturated carbocycles. The van der Waals surface area contributed by atoms with Gasteiger partial charge in [-0.15, -0.1) is 0 Å². The molecule has 0 aliphatic rings. The minimum Gasteiger partial charge on any atom is -0.464 e. The fourth-order valence-electron chi connectivity index (χ4n) is 3.02. The molecule has 0 radical (unpaired) electrons. The molecular weight excluding hydrogens is 364 g/mol. The molecule has 0 aliphatic heterocycles. The number of nitrogens with one attached hydrogen (secondary N) is 1. The number of aromatic nitrogens is 1. The Labute approximate surface area is 161 Å². The third-order valence-corrected chi connectivity index (χ3v) is 4.58. The van der Waals surface area contributed by atoms with Gasteiger partial charge in [-0.05, 0) is 42.7 Å². The van der Waals surface area contributed by atoms with E-state index in [0.29, 0.717) is 17.0 Å². The van der Waals surface area contributed by atoms with Crippen molar-refractivity contribution in [2.24, 2.45) is 0 Å². The number of carbonyl (C=O) groups excluding carboxylic acids is 1. The fraction of sp³-hybridized carbons (Fsp3) is 0.143. The zero-order valence-electron chi connectivity index (χ0n) is 14.7. The van der Waals surface area contributed by atoms with Crippen molar-refractivity contribution in [1.82, 2.24) is 9.88 Å². The molecule has 2 aromatic carbocycles. The first-order valence-corrected chi connectivity index (χ1v) is 8.89. The Morgan fingerprint density at radius 2 is 1.89 bits per heavy atom. The van der Waals surface area contributed by atoms with Crippen molar-refractivity contribution in [2.45, 2.75) is 19.4 Å². The molecule has 6 heteroatoms. The van der Waals surface area contributed by atoms with Crippen LogP contribution in [0.25, 0.3) is 17.0 Å². The Morgan fingerprint density at radius 1 is 1.19 bits per heavy atom. The van der Waals surface area contributed by atoms with Gasteiger partial charge in [0.25, 0.3) is 0 Å². The van der Waals surface area contributed by atoms with E-state index in [0.717, 1.165) is 16.5 Å². The van der Waals surface area contributed by atoms with Gasteiger partial charge in [-0.2, -0.15) is 0 Å². The summed E-state index contributed by atoms with van der Waals surface area (Å²) in [5, 5.41) is 13.7. The number of nitrogens with zero attached hydrogens (tertiary/aromatic N) is 1. The average molecular weight is 383 g/mol. The third-order valence-electron chi connectivity index (χ3n) is 4.23. The molecule has 1 atom stereocenters. The third kappa shape index (κ3) is 4.38. The molecule has 0 unspecified atom stereocenters. The molecule has 0 fully saturated rings. The molecule has 2 N–H and O–H groups in total. The van der Waals surface area contributed by atoms with E-state index in [1.807, 2.05) is 37.3 Å². The number of benzene rings is 2. The standard InChI is InChI=1S/C21H19ClN2O3/c1-14(23-20(25)11-10-15-6-2-4-8-18(15)22)12-16-13-24(21(26)27)19-9-5-3-7-17(16)19/h2-11,13-14H,12H2,1H3,(H,23,25)(H,26,27)/t14-/m1/s1. The van der Waals surface area contributed by atoms with Crippen LogP contribution in [0.1, 0.15) is 18.1 Å². The number of carboxylic acid groups (broad SMARTS) is 1. The van der Waals surface area contributed by atoms with Gasteiger partial charge < -0.3 is 10.4 Å². The monoisotopic (exact) mass is 382 g/mol. The Bertz CT molecular complexity index is 1020. The van der Waals surface area contributed by atoms with Crippen molar-refractivity contribution >= 4 is 40.6 Å². The maximum atomic E-state index is 12.2. The Morgan fingerprint density at radius 3 is 2.63 bits per heavy atom. The number of rotatable bonds is 5. The van der Waals surface area contributed by atoms with Crippen LogP contribution in [-0.2, 0) is 11.2 Å². The van der Waals surface area contributed by atoms with Crippen LogP contribution < -0.4 is 5.32 Å². The van der Waals surface area contributed by atoms with Gasteiger partial charge in [-0.3, -0.25) is 9.36 Å². The first kappa shape index (κ1) is 18.7. The van der Waals surface area contributed by atoms with Crippen molar-refractivity contribution in [3.63, 3.8) is 0 Å². The lowest BCUT2D eigenvalue weighted by atomic mass is 10.1. The van der Waals surface area contributed by atoms with E-state index < -0.39 is 6.09 Å². The predicted octanol–water partition coefficient (Wildman–Crippen LogP) is 4.58. The van der Waals surface area contributed by atoms with Crippen molar-refractivity contribution < 1.29 is 14.7 Å². The molecule has 5 nitrogen and oxygen atoms in total. The lowest BCUT2D eigenvalue weighted by Crippen LogP contribution is -2.32. The highest BCUT2D eigenvalue weighted by Gasteiger charge is 2.15. The highest BCUT2D eigenvalue weighted by atomic mass is 35.5. The average Bonchev–Trinajstić information content (AvgIpc) is 3.00. The van der Waals surface area contributed by atoms with Crippen molar-refractivity contribution in [3.05, 3.63) is 77.0 Å². The van der Waals surface area contributed by atoms with Gasteiger partial charge in [0.05, 0.1) is 5.52 Å². The minimum atomic E-state index is -1.03. The van der Waals surface area contributed by atoms with Crippen LogP contribution in [0.3, 0.4) is 0 Å². The van der Waals surface area contributed by atoms with E-state index in [-0.39, 0.29) is 11.9 Å². The van der Waals surface area contributed by atoms with Gasteiger partial charge in [0.2, 0.25) is 5.91 Å². The van der Waals surface area contributed by atoms with Gasteiger partial charge in [0.15, 0.2) is 0 Å². The van der Waals surface area contributed by atoms with Crippen LogP contribution in [0, 0.1) is 0 Å². The molecule has 1 aromatic heterocycles. The van der Waals surface area contributed by atoms with E-state index >= 15 is 0 Å². The maximum absolute atomic E-state index is 12.2. The molecule has 1 amide bonds. The molecule has 3 aromatic rings. The van der Waals surface area contributed by atoms with Gasteiger partial charge in [0, 0.05) is 28.7 Å². The molecule has 0 saturated heterocycles. The van der Waals surface area contributed by atoms with Crippen LogP contribution in [0.2, 0.25) is 5.02 Å². The number of para-hydroxylation sites is 1. The van der Waals surface area contributed by atoms with Crippen LogP contribution in [0.4, 0.5) is 4.79 Å². The lowest BCUT2D eigenvalue weighted by molar-refractivity contribution is -0.117. The summed E-state index contributed by atoms with van der Waals surface area (Å²) in [6.07, 6.45) is 4.21. The fourth-order valence-corrected chi connectivity index (χ4v) is 3.22. The van der Waals surface area contributed by atoms with Gasteiger partial charge in [-0.25, -0.2) is 4.79 Å². The SMILES string of the molecule is C[C@H](Cc1cn(C(=O)O)c2ccccc12)NC(=O)C=Cc1ccccc1Cl. The zero-order valence-corrected chi connectivity index (χ0v) is 15.5. The second-order valence-electron chi connectivity index (χ2n) is 6.29. The molecule has 3 rings (SSSR count). The highest BCUT2D eigenvalue weighted by Crippen LogP contribution is 2.22. The van der Waals surface area contributed by atoms with Gasteiger partial charge in [0.1, 0.15) is 0 Å². The molecule has 138 valence electrons. The molecule has 0 spiro atoms. The number of fused-ring (bicyclic) bond motifs is 1. The largest absolute Gasteiger partial charge is 0.464 e. The Hall–Kier alpha value is -3.05. The van der Waals surface area contributed by atoms with Crippen LogP contribution in [-0.4, -0.2) is 27.7 Å². The molecule has 0 aliphatic carbocycles. The molecular formula is C21H19ClN2O3. The Balaban J connectivity index is 1.70. The second-order valence-corrected chi connectivity index (χ2v) is 6.70. The van der Waals surface area contributed by atoms with Crippen LogP contribution >= 0.6 is 11.6 Å². The van der Waals surface area contributed by atoms with E-state index in [4.69, 9.17) is 11.6 Å². The van der Waals surface area contributed by atoms with E-state index in [9.17, 15) is 14.7 Å². The summed E-state index contributed by atoms with van der Waals surface area (Å²) in [7, 11) is 0. The highest BCUT2D eigenvalue weighted by molar-refractivity contribution is 6.32. The van der Waals surface area contributed by atoms with Crippen LogP contribution in [0.5, 0.6) is 0 Å². The summed E-state index contributed by atoms with van der Waals surface area (Å²) >= 11 is 6.07. The summed E-state index contributed by atoms with van der Waals surface area (Å²) in [6, 6.07) is 14.4. The van der Waals surface area contributed by atoms with Gasteiger partial charge in [-0.1, -0.05) is 48.0 Å². The summed E-state index contributed by atoms with van der Waals surface area (Å²) in [5.74, 6) is -0.232. The summed E-state index contributed by atoms with van der Waals surface area (Å²) in [4.78, 5) is 23.6. The first-order chi connectivity index (χ1) is 13.0. The van der Waals surface area contributed by atoms with E-state index in [1.54, 1.807) is 30.5 Å². The zero-order chi connectivity index (χ0) is 19.4. The number of hydrogen-bond donors (Lipinski definition) is 2. The lowest BCUT2D eigenvalue weighted by Gasteiger charge is -2.12. The molecule has 27 heavy (non-hydrogen) atoms. The smallest absolute Gasteiger partial charge is 0.416 e.